The number of hydrogen-bond donors (Lipinski definition) is 1. The summed E-state index contributed by atoms with van der Waals surface area (Å²) in [7, 11) is 0. The lowest BCUT2D eigenvalue weighted by molar-refractivity contribution is -0.127. The molecule has 2 heterocycles. The molecule has 1 amide bonds. The Morgan fingerprint density at radius 2 is 1.57 bits per heavy atom. The van der Waals surface area contributed by atoms with Crippen LogP contribution in [0, 0.1) is 0 Å². The Hall–Kier alpha value is -3.67. The van der Waals surface area contributed by atoms with Gasteiger partial charge in [0, 0.05) is 48.8 Å². The summed E-state index contributed by atoms with van der Waals surface area (Å²) in [5.74, 6) is 0.470. The monoisotopic (exact) mass is 544 g/mol. The molecule has 6 nitrogen and oxygen atoms in total. The number of pyridine rings is 1. The van der Waals surface area contributed by atoms with Gasteiger partial charge in [-0.05, 0) is 66.1 Å². The van der Waals surface area contributed by atoms with Crippen molar-refractivity contribution in [2.75, 3.05) is 13.1 Å². The second-order valence-corrected chi connectivity index (χ2v) is 9.49. The number of fused-ring (bicyclic) bond motifs is 2. The summed E-state index contributed by atoms with van der Waals surface area (Å²) in [6, 6.07) is 14.0. The van der Waals surface area contributed by atoms with Crippen LogP contribution >= 0.6 is 0 Å². The van der Waals surface area contributed by atoms with E-state index in [1.54, 1.807) is 4.57 Å². The van der Waals surface area contributed by atoms with Gasteiger partial charge in [0.05, 0.1) is 5.69 Å². The SMILES string of the molecule is CC.CC.CCCCn1ccc2cc(-c3ccc4c(c3)N=C(N)CC(C(=O)N(CCC)CCC)=C4)ccc2c1=O. The number of nitrogens with zero attached hydrogens (tertiary/aromatic N) is 3. The van der Waals surface area contributed by atoms with Crippen LogP contribution in [0.3, 0.4) is 0 Å². The molecule has 1 aliphatic heterocycles. The highest BCUT2D eigenvalue weighted by Crippen LogP contribution is 2.33. The Kier molecular flexibility index (Phi) is 13.4. The summed E-state index contributed by atoms with van der Waals surface area (Å²) >= 11 is 0. The summed E-state index contributed by atoms with van der Waals surface area (Å²) in [6.45, 7) is 16.5. The minimum Gasteiger partial charge on any atom is -0.387 e. The van der Waals surface area contributed by atoms with Crippen LogP contribution in [0.25, 0.3) is 28.0 Å². The highest BCUT2D eigenvalue weighted by atomic mass is 16.2. The van der Waals surface area contributed by atoms with Gasteiger partial charge in [0.25, 0.3) is 5.56 Å². The first kappa shape index (κ1) is 32.5. The quantitative estimate of drug-likeness (QED) is 0.297. The summed E-state index contributed by atoms with van der Waals surface area (Å²) in [5.41, 5.74) is 10.6. The summed E-state index contributed by atoms with van der Waals surface area (Å²) < 4.78 is 1.79. The van der Waals surface area contributed by atoms with Crippen LogP contribution in [0.1, 0.15) is 86.1 Å². The van der Waals surface area contributed by atoms with Gasteiger partial charge >= 0.3 is 0 Å². The van der Waals surface area contributed by atoms with Gasteiger partial charge in [-0.3, -0.25) is 9.59 Å². The third-order valence-corrected chi connectivity index (χ3v) is 6.61. The number of carbonyl (C=O) groups excluding carboxylic acids is 1. The predicted molar refractivity (Wildman–Crippen MR) is 172 cm³/mol. The van der Waals surface area contributed by atoms with Crippen molar-refractivity contribution in [2.24, 2.45) is 10.7 Å². The molecular weight excluding hydrogens is 496 g/mol. The molecule has 0 bridgehead atoms. The summed E-state index contributed by atoms with van der Waals surface area (Å²) in [4.78, 5) is 32.6. The Morgan fingerprint density at radius 3 is 2.23 bits per heavy atom. The first-order valence-corrected chi connectivity index (χ1v) is 15.1. The van der Waals surface area contributed by atoms with Crippen LogP contribution < -0.4 is 11.3 Å². The number of aromatic nitrogens is 1. The maximum absolute atomic E-state index is 13.2. The number of aryl methyl sites for hydroxylation is 1. The molecule has 6 heteroatoms. The number of aliphatic imine (C=N–C) groups is 1. The average Bonchev–Trinajstić information content (AvgIpc) is 3.15. The van der Waals surface area contributed by atoms with Gasteiger partial charge in [-0.15, -0.1) is 0 Å². The molecule has 4 rings (SSSR count). The van der Waals surface area contributed by atoms with E-state index in [0.29, 0.717) is 17.8 Å². The van der Waals surface area contributed by atoms with E-state index in [1.165, 1.54) is 0 Å². The largest absolute Gasteiger partial charge is 0.387 e. The number of carbonyl (C=O) groups is 1. The number of nitrogens with two attached hydrogens (primary N) is 1. The van der Waals surface area contributed by atoms with Crippen LogP contribution in [0.15, 0.2) is 64.0 Å². The topological polar surface area (TPSA) is 80.7 Å². The van der Waals surface area contributed by atoms with Crippen molar-refractivity contribution in [3.05, 3.63) is 70.2 Å². The van der Waals surface area contributed by atoms with Crippen molar-refractivity contribution in [3.8, 4) is 11.1 Å². The summed E-state index contributed by atoms with van der Waals surface area (Å²) in [6.07, 6.45) is 8.03. The van der Waals surface area contributed by atoms with Crippen LogP contribution in [0.5, 0.6) is 0 Å². The Balaban J connectivity index is 0.00000134. The van der Waals surface area contributed by atoms with Crippen molar-refractivity contribution in [1.82, 2.24) is 9.47 Å². The molecular formula is C34H48N4O2. The van der Waals surface area contributed by atoms with E-state index >= 15 is 0 Å². The molecule has 2 N–H and O–H groups in total. The highest BCUT2D eigenvalue weighted by molar-refractivity contribution is 6.05. The van der Waals surface area contributed by atoms with Gasteiger partial charge in [-0.1, -0.05) is 73.1 Å². The first-order chi connectivity index (χ1) is 19.4. The Labute approximate surface area is 240 Å². The zero-order chi connectivity index (χ0) is 29.7. The number of rotatable bonds is 9. The first-order valence-electron chi connectivity index (χ1n) is 15.1. The zero-order valence-corrected chi connectivity index (χ0v) is 25.6. The molecule has 0 aliphatic carbocycles. The van der Waals surface area contributed by atoms with Gasteiger partial charge in [0.15, 0.2) is 0 Å². The predicted octanol–water partition coefficient (Wildman–Crippen LogP) is 7.95. The molecule has 0 unspecified atom stereocenters. The Morgan fingerprint density at radius 1 is 0.925 bits per heavy atom. The Bertz CT molecular complexity index is 1380. The molecule has 0 saturated carbocycles. The molecule has 40 heavy (non-hydrogen) atoms. The van der Waals surface area contributed by atoms with Crippen molar-refractivity contribution >= 4 is 34.3 Å². The maximum Gasteiger partial charge on any atom is 0.258 e. The third kappa shape index (κ3) is 7.93. The summed E-state index contributed by atoms with van der Waals surface area (Å²) in [5, 5.41) is 1.65. The van der Waals surface area contributed by atoms with E-state index in [9.17, 15) is 9.59 Å². The van der Waals surface area contributed by atoms with Crippen LogP contribution in [0.4, 0.5) is 5.69 Å². The molecule has 1 aromatic heterocycles. The van der Waals surface area contributed by atoms with Gasteiger partial charge in [-0.25, -0.2) is 4.99 Å². The van der Waals surface area contributed by atoms with Gasteiger partial charge in [0.2, 0.25) is 5.91 Å². The highest BCUT2D eigenvalue weighted by Gasteiger charge is 2.21. The van der Waals surface area contributed by atoms with E-state index < -0.39 is 0 Å². The number of hydrogen-bond acceptors (Lipinski definition) is 4. The van der Waals surface area contributed by atoms with Crippen molar-refractivity contribution in [1.29, 1.82) is 0 Å². The molecule has 0 saturated heterocycles. The number of unbranched alkanes of at least 4 members (excludes halogenated alkanes) is 1. The van der Waals surface area contributed by atoms with Crippen LogP contribution in [-0.2, 0) is 11.3 Å². The van der Waals surface area contributed by atoms with Crippen LogP contribution in [0.2, 0.25) is 0 Å². The molecule has 0 fully saturated rings. The van der Waals surface area contributed by atoms with E-state index in [-0.39, 0.29) is 11.5 Å². The molecule has 1 aliphatic rings. The zero-order valence-electron chi connectivity index (χ0n) is 25.6. The maximum atomic E-state index is 13.2. The standard InChI is InChI=1S/C30H36N4O2.2C2H6/c1-4-7-15-34-16-12-23-17-21(10-11-26(23)30(34)36)22-8-9-24-18-25(20-28(31)32-27(24)19-22)29(35)33(13-5-2)14-6-3;2*1-2/h8-12,16-19H,4-7,13-15,20H2,1-3H3,(H2,31,32);2*1-2H3. The molecule has 2 aromatic carbocycles. The molecule has 0 radical (unpaired) electrons. The fourth-order valence-electron chi connectivity index (χ4n) is 4.74. The van der Waals surface area contributed by atoms with E-state index in [4.69, 9.17) is 5.73 Å². The fourth-order valence-corrected chi connectivity index (χ4v) is 4.74. The van der Waals surface area contributed by atoms with Gasteiger partial charge in [-0.2, -0.15) is 0 Å². The third-order valence-electron chi connectivity index (χ3n) is 6.61. The molecule has 3 aromatic rings. The van der Waals surface area contributed by atoms with Crippen molar-refractivity contribution < 1.29 is 4.79 Å². The van der Waals surface area contributed by atoms with Crippen molar-refractivity contribution in [2.45, 2.75) is 87.1 Å². The number of amidine groups is 1. The number of amides is 1. The van der Waals surface area contributed by atoms with Gasteiger partial charge < -0.3 is 15.2 Å². The van der Waals surface area contributed by atoms with Crippen molar-refractivity contribution in [3.63, 3.8) is 0 Å². The van der Waals surface area contributed by atoms with E-state index in [1.807, 2.05) is 87.3 Å². The molecule has 0 atom stereocenters. The molecule has 216 valence electrons. The van der Waals surface area contributed by atoms with Crippen LogP contribution in [-0.4, -0.2) is 34.3 Å². The minimum absolute atomic E-state index is 0.0351. The smallest absolute Gasteiger partial charge is 0.258 e. The fraction of sp³-hybridized carbons (Fsp3) is 0.441. The average molecular weight is 545 g/mol. The second kappa shape index (κ2) is 16.4. The minimum atomic E-state index is 0.0351. The van der Waals surface area contributed by atoms with E-state index in [2.05, 4.69) is 25.8 Å². The molecule has 0 spiro atoms. The van der Waals surface area contributed by atoms with Gasteiger partial charge in [0.1, 0.15) is 5.84 Å². The second-order valence-electron chi connectivity index (χ2n) is 9.49. The number of benzene rings is 2. The lowest BCUT2D eigenvalue weighted by Crippen LogP contribution is -2.34. The lowest BCUT2D eigenvalue weighted by Gasteiger charge is -2.22. The van der Waals surface area contributed by atoms with E-state index in [0.717, 1.165) is 78.5 Å². The lowest BCUT2D eigenvalue weighted by atomic mass is 9.99. The normalized spacial score (nSPS) is 12.1.